The number of piperidine rings is 1. The monoisotopic (exact) mass is 383 g/mol. The second-order valence-electron chi connectivity index (χ2n) is 6.92. The van der Waals surface area contributed by atoms with Crippen LogP contribution >= 0.6 is 0 Å². The van der Waals surface area contributed by atoms with Gasteiger partial charge in [-0.1, -0.05) is 12.1 Å². The van der Waals surface area contributed by atoms with E-state index in [1.54, 1.807) is 22.7 Å². The van der Waals surface area contributed by atoms with Crippen LogP contribution in [0, 0.1) is 0 Å². The van der Waals surface area contributed by atoms with Crippen molar-refractivity contribution in [2.75, 3.05) is 5.32 Å². The number of rotatable bonds is 5. The molecule has 2 aromatic rings. The summed E-state index contributed by atoms with van der Waals surface area (Å²) in [5.41, 5.74) is 8.00. The molecule has 1 unspecified atom stereocenters. The second-order valence-corrected chi connectivity index (χ2v) is 6.92. The molecule has 3 amide bonds. The van der Waals surface area contributed by atoms with Crippen molar-refractivity contribution in [1.29, 1.82) is 0 Å². The summed E-state index contributed by atoms with van der Waals surface area (Å²) >= 11 is 0. The van der Waals surface area contributed by atoms with E-state index in [0.717, 1.165) is 11.1 Å². The normalized spacial score (nSPS) is 19.0. The van der Waals surface area contributed by atoms with Crippen LogP contribution in [0.1, 0.15) is 40.2 Å². The zero-order valence-electron chi connectivity index (χ0n) is 15.4. The Balaban J connectivity index is 1.47. The van der Waals surface area contributed by atoms with Crippen LogP contribution in [0.3, 0.4) is 0 Å². The molecule has 1 saturated heterocycles. The number of aryl methyl sites for hydroxylation is 1. The average molecular weight is 383 g/mol. The average Bonchev–Trinajstić information content (AvgIpc) is 3.19. The maximum Gasteiger partial charge on any atom is 0.255 e. The van der Waals surface area contributed by atoms with Gasteiger partial charge in [0.1, 0.15) is 6.04 Å². The van der Waals surface area contributed by atoms with Gasteiger partial charge >= 0.3 is 0 Å². The fourth-order valence-electron chi connectivity index (χ4n) is 3.60. The van der Waals surface area contributed by atoms with Crippen LogP contribution in [0.5, 0.6) is 0 Å². The van der Waals surface area contributed by atoms with E-state index in [0.29, 0.717) is 36.8 Å². The molecule has 1 aromatic carbocycles. The van der Waals surface area contributed by atoms with Gasteiger partial charge in [0.25, 0.3) is 5.91 Å². The summed E-state index contributed by atoms with van der Waals surface area (Å²) in [6, 6.07) is 5.00. The number of carbonyl (C=O) groups is 3. The van der Waals surface area contributed by atoms with Crippen molar-refractivity contribution in [2.24, 2.45) is 12.8 Å². The van der Waals surface area contributed by atoms with E-state index in [-0.39, 0.29) is 24.8 Å². The van der Waals surface area contributed by atoms with Crippen molar-refractivity contribution in [3.8, 4) is 0 Å². The SMILES string of the molecule is Cn1nc(CN)nc1NCc1ccc2c(c1)CN(C1CCC(=O)NC1=O)C2=O. The molecule has 4 N–H and O–H groups in total. The maximum absolute atomic E-state index is 12.7. The van der Waals surface area contributed by atoms with Gasteiger partial charge in [-0.25, -0.2) is 4.68 Å². The third-order valence-corrected chi connectivity index (χ3v) is 5.03. The molecule has 0 saturated carbocycles. The first-order valence-corrected chi connectivity index (χ1v) is 9.06. The van der Waals surface area contributed by atoms with Crippen LogP contribution in [0.4, 0.5) is 5.95 Å². The van der Waals surface area contributed by atoms with Crippen molar-refractivity contribution in [1.82, 2.24) is 25.0 Å². The highest BCUT2D eigenvalue weighted by Crippen LogP contribution is 2.28. The minimum Gasteiger partial charge on any atom is -0.350 e. The van der Waals surface area contributed by atoms with Gasteiger partial charge in [-0.15, -0.1) is 0 Å². The van der Waals surface area contributed by atoms with Gasteiger partial charge in [0.05, 0.1) is 6.54 Å². The van der Waals surface area contributed by atoms with E-state index in [9.17, 15) is 14.4 Å². The highest BCUT2D eigenvalue weighted by Gasteiger charge is 2.39. The Hall–Kier alpha value is -3.27. The first-order valence-electron chi connectivity index (χ1n) is 9.06. The van der Waals surface area contributed by atoms with Gasteiger partial charge in [0.15, 0.2) is 5.82 Å². The highest BCUT2D eigenvalue weighted by molar-refractivity contribution is 6.05. The van der Waals surface area contributed by atoms with E-state index in [2.05, 4.69) is 20.7 Å². The summed E-state index contributed by atoms with van der Waals surface area (Å²) in [5, 5.41) is 9.70. The van der Waals surface area contributed by atoms with Crippen LogP contribution in [0.15, 0.2) is 18.2 Å². The molecule has 0 radical (unpaired) electrons. The molecule has 0 bridgehead atoms. The molecule has 0 spiro atoms. The lowest BCUT2D eigenvalue weighted by molar-refractivity contribution is -0.136. The van der Waals surface area contributed by atoms with Gasteiger partial charge < -0.3 is 16.0 Å². The molecule has 0 aliphatic carbocycles. The molecule has 146 valence electrons. The molecule has 1 aromatic heterocycles. The smallest absolute Gasteiger partial charge is 0.255 e. The molecule has 4 rings (SSSR count). The van der Waals surface area contributed by atoms with Crippen LogP contribution in [-0.4, -0.2) is 43.4 Å². The maximum atomic E-state index is 12.7. The number of nitrogens with two attached hydrogens (primary N) is 1. The van der Waals surface area contributed by atoms with Crippen molar-refractivity contribution in [3.05, 3.63) is 40.7 Å². The predicted octanol–water partition coefficient (Wildman–Crippen LogP) is -0.353. The van der Waals surface area contributed by atoms with Gasteiger partial charge in [0.2, 0.25) is 17.8 Å². The van der Waals surface area contributed by atoms with Crippen molar-refractivity contribution in [2.45, 2.75) is 38.5 Å². The Bertz CT molecular complexity index is 968. The van der Waals surface area contributed by atoms with Gasteiger partial charge in [-0.2, -0.15) is 10.1 Å². The number of nitrogens with one attached hydrogen (secondary N) is 2. The summed E-state index contributed by atoms with van der Waals surface area (Å²) in [6.07, 6.45) is 0.600. The Labute approximate surface area is 161 Å². The van der Waals surface area contributed by atoms with Crippen molar-refractivity contribution >= 4 is 23.7 Å². The molecule has 1 atom stereocenters. The van der Waals surface area contributed by atoms with E-state index in [1.165, 1.54) is 0 Å². The number of carbonyl (C=O) groups excluding carboxylic acids is 3. The topological polar surface area (TPSA) is 135 Å². The molecule has 10 nitrogen and oxygen atoms in total. The lowest BCUT2D eigenvalue weighted by Gasteiger charge is -2.29. The number of anilines is 1. The Morgan fingerprint density at radius 1 is 1.32 bits per heavy atom. The minimum absolute atomic E-state index is 0.176. The Morgan fingerprint density at radius 2 is 2.14 bits per heavy atom. The first kappa shape index (κ1) is 18.1. The van der Waals surface area contributed by atoms with E-state index < -0.39 is 11.9 Å². The predicted molar refractivity (Wildman–Crippen MR) is 98.7 cm³/mol. The van der Waals surface area contributed by atoms with Crippen LogP contribution in [0.25, 0.3) is 0 Å². The number of nitrogens with zero attached hydrogens (tertiary/aromatic N) is 4. The fraction of sp³-hybridized carbons (Fsp3) is 0.389. The van der Waals surface area contributed by atoms with Crippen LogP contribution in [-0.2, 0) is 36.3 Å². The largest absolute Gasteiger partial charge is 0.350 e. The van der Waals surface area contributed by atoms with Crippen molar-refractivity contribution < 1.29 is 14.4 Å². The molecular weight excluding hydrogens is 362 g/mol. The van der Waals surface area contributed by atoms with E-state index >= 15 is 0 Å². The van der Waals surface area contributed by atoms with E-state index in [1.807, 2.05) is 12.1 Å². The summed E-state index contributed by atoms with van der Waals surface area (Å²) in [7, 11) is 1.79. The number of fused-ring (bicyclic) bond motifs is 1. The number of aromatic nitrogens is 3. The summed E-state index contributed by atoms with van der Waals surface area (Å²) in [5.74, 6) is 0.300. The van der Waals surface area contributed by atoms with Crippen LogP contribution < -0.4 is 16.4 Å². The zero-order chi connectivity index (χ0) is 19.8. The molecule has 1 fully saturated rings. The number of imide groups is 1. The van der Waals surface area contributed by atoms with Gasteiger partial charge in [-0.3, -0.25) is 19.7 Å². The molecule has 28 heavy (non-hydrogen) atoms. The van der Waals surface area contributed by atoms with E-state index in [4.69, 9.17) is 5.73 Å². The number of hydrogen-bond donors (Lipinski definition) is 3. The third-order valence-electron chi connectivity index (χ3n) is 5.03. The first-order chi connectivity index (χ1) is 13.5. The highest BCUT2D eigenvalue weighted by atomic mass is 16.2. The standard InChI is InChI=1S/C18H21N7O3/c1-24-18(21-14(7-19)23-24)20-8-10-2-3-12-11(6-10)9-25(17(12)28)13-4-5-15(26)22-16(13)27/h2-3,6,13H,4-5,7-9,19H2,1H3,(H,20,21,23)(H,22,26,27). The Morgan fingerprint density at radius 3 is 2.86 bits per heavy atom. The number of benzene rings is 1. The zero-order valence-corrected chi connectivity index (χ0v) is 15.4. The molecule has 2 aliphatic heterocycles. The quantitative estimate of drug-likeness (QED) is 0.600. The summed E-state index contributed by atoms with van der Waals surface area (Å²) < 4.78 is 1.63. The summed E-state index contributed by atoms with van der Waals surface area (Å²) in [4.78, 5) is 42.0. The molecule has 10 heteroatoms. The number of hydrogen-bond acceptors (Lipinski definition) is 7. The van der Waals surface area contributed by atoms with Crippen molar-refractivity contribution in [3.63, 3.8) is 0 Å². The fourth-order valence-corrected chi connectivity index (χ4v) is 3.60. The molecular formula is C18H21N7O3. The minimum atomic E-state index is -0.604. The van der Waals surface area contributed by atoms with Gasteiger partial charge in [-0.05, 0) is 23.6 Å². The molecule has 2 aliphatic rings. The second kappa shape index (κ2) is 7.04. The Kier molecular flexibility index (Phi) is 4.55. The third kappa shape index (κ3) is 3.22. The number of amides is 3. The molecule has 3 heterocycles. The van der Waals surface area contributed by atoms with Gasteiger partial charge in [0, 0.05) is 32.1 Å². The lowest BCUT2D eigenvalue weighted by Crippen LogP contribution is -2.52. The summed E-state index contributed by atoms with van der Waals surface area (Å²) in [6.45, 7) is 1.14. The van der Waals surface area contributed by atoms with Crippen LogP contribution in [0.2, 0.25) is 0 Å². The lowest BCUT2D eigenvalue weighted by atomic mass is 10.0.